The first-order valence-electron chi connectivity index (χ1n) is 12.9. The molecule has 0 saturated heterocycles. The predicted octanol–water partition coefficient (Wildman–Crippen LogP) is 5.33. The summed E-state index contributed by atoms with van der Waals surface area (Å²) in [6, 6.07) is 6.11. The van der Waals surface area contributed by atoms with Crippen LogP contribution in [0.15, 0.2) is 40.8 Å². The molecular formula is C28H32ClF4N3O7. The maximum Gasteiger partial charge on any atom is 0.387 e. The number of alkyl halides is 2. The number of nitrogens with zero attached hydrogens (tertiary/aromatic N) is 1. The maximum atomic E-state index is 14.0. The molecule has 0 aliphatic carbocycles. The first kappa shape index (κ1) is 35.3. The van der Waals surface area contributed by atoms with E-state index in [9.17, 15) is 27.2 Å². The first-order valence-corrected chi connectivity index (χ1v) is 12.9. The number of carbonyl (C=O) groups is 2. The molecule has 10 nitrogen and oxygen atoms in total. The Kier molecular flexibility index (Phi) is 13.7. The fourth-order valence-electron chi connectivity index (χ4n) is 3.82. The Morgan fingerprint density at radius 1 is 1.12 bits per heavy atom. The third-order valence-corrected chi connectivity index (χ3v) is 5.85. The molecule has 2 atom stereocenters. The van der Waals surface area contributed by atoms with Gasteiger partial charge in [-0.25, -0.2) is 18.6 Å². The molecule has 2 unspecified atom stereocenters. The van der Waals surface area contributed by atoms with Gasteiger partial charge in [0.2, 0.25) is 5.89 Å². The van der Waals surface area contributed by atoms with Gasteiger partial charge in [0.1, 0.15) is 11.6 Å². The van der Waals surface area contributed by atoms with Gasteiger partial charge in [-0.2, -0.15) is 8.78 Å². The van der Waals surface area contributed by atoms with Crippen LogP contribution in [-0.4, -0.2) is 49.9 Å². The number of esters is 1. The van der Waals surface area contributed by atoms with Crippen LogP contribution in [-0.2, 0) is 20.8 Å². The van der Waals surface area contributed by atoms with E-state index in [-0.39, 0.29) is 78.6 Å². The minimum absolute atomic E-state index is 0. The third-order valence-electron chi connectivity index (χ3n) is 5.85. The van der Waals surface area contributed by atoms with Crippen molar-refractivity contribution in [1.29, 1.82) is 0 Å². The van der Waals surface area contributed by atoms with Crippen LogP contribution in [0.2, 0.25) is 0 Å². The second kappa shape index (κ2) is 16.7. The number of nitrogens with one attached hydrogen (secondary N) is 1. The normalized spacial score (nSPS) is 12.3. The molecule has 0 saturated carbocycles. The standard InChI is InChI=1S/C28H31F4N3O7.ClH/c1-4-39-27(37)21(38-3)6-5-11-40-22-12-16(8-10-20(22)41-28(31)32)26-35-23(24(42-26)15(2)33)25(36)34-14-17-7-9-18(29)13-19(17)30;/h7-10,12-13,15,21,28H,4-6,11,14,33H2,1-3H3,(H,34,36);1H. The Labute approximate surface area is 251 Å². The van der Waals surface area contributed by atoms with E-state index < -0.39 is 42.3 Å². The summed E-state index contributed by atoms with van der Waals surface area (Å²) < 4.78 is 79.2. The van der Waals surface area contributed by atoms with Gasteiger partial charge in [0.15, 0.2) is 29.1 Å². The van der Waals surface area contributed by atoms with E-state index >= 15 is 0 Å². The number of hydrogen-bond donors (Lipinski definition) is 2. The highest BCUT2D eigenvalue weighted by Crippen LogP contribution is 2.35. The third kappa shape index (κ3) is 9.83. The van der Waals surface area contributed by atoms with Crippen LogP contribution in [0.3, 0.4) is 0 Å². The van der Waals surface area contributed by atoms with Gasteiger partial charge in [-0.15, -0.1) is 12.4 Å². The molecule has 0 bridgehead atoms. The highest BCUT2D eigenvalue weighted by atomic mass is 35.5. The Balaban J connectivity index is 0.00000645. The van der Waals surface area contributed by atoms with Crippen molar-refractivity contribution in [2.45, 2.75) is 52.0 Å². The minimum Gasteiger partial charge on any atom is -0.490 e. The molecule has 3 N–H and O–H groups in total. The summed E-state index contributed by atoms with van der Waals surface area (Å²) in [6.45, 7) is 0.0278. The highest BCUT2D eigenvalue weighted by Gasteiger charge is 2.25. The zero-order valence-electron chi connectivity index (χ0n) is 23.5. The van der Waals surface area contributed by atoms with Gasteiger partial charge in [0, 0.05) is 30.8 Å². The van der Waals surface area contributed by atoms with Gasteiger partial charge >= 0.3 is 12.6 Å². The SMILES string of the molecule is CCOC(=O)C(CCCOc1cc(-c2nc(C(=O)NCc3ccc(F)cc3F)c(C(C)N)o2)ccc1OC(F)F)OC.Cl. The van der Waals surface area contributed by atoms with E-state index in [4.69, 9.17) is 24.4 Å². The van der Waals surface area contributed by atoms with E-state index in [1.165, 1.54) is 31.4 Å². The Morgan fingerprint density at radius 3 is 2.49 bits per heavy atom. The monoisotopic (exact) mass is 633 g/mol. The van der Waals surface area contributed by atoms with Crippen molar-refractivity contribution in [2.75, 3.05) is 20.3 Å². The Bertz CT molecular complexity index is 1370. The Hall–Kier alpha value is -3.88. The highest BCUT2D eigenvalue weighted by molar-refractivity contribution is 5.94. The number of hydrogen-bond acceptors (Lipinski definition) is 9. The molecule has 0 radical (unpaired) electrons. The van der Waals surface area contributed by atoms with Crippen molar-refractivity contribution in [3.63, 3.8) is 0 Å². The quantitative estimate of drug-likeness (QED) is 0.129. The van der Waals surface area contributed by atoms with E-state index in [0.717, 1.165) is 6.07 Å². The van der Waals surface area contributed by atoms with Crippen molar-refractivity contribution in [2.24, 2.45) is 5.73 Å². The van der Waals surface area contributed by atoms with Crippen LogP contribution in [0, 0.1) is 11.6 Å². The topological polar surface area (TPSA) is 135 Å². The molecule has 0 aliphatic rings. The number of rotatable bonds is 15. The summed E-state index contributed by atoms with van der Waals surface area (Å²) in [6.07, 6.45) is -0.259. The van der Waals surface area contributed by atoms with Gasteiger partial charge in [-0.1, -0.05) is 6.07 Å². The number of aromatic nitrogens is 1. The number of oxazole rings is 1. The van der Waals surface area contributed by atoms with Gasteiger partial charge in [-0.3, -0.25) is 4.79 Å². The minimum atomic E-state index is -3.13. The molecular weight excluding hydrogens is 602 g/mol. The predicted molar refractivity (Wildman–Crippen MR) is 148 cm³/mol. The van der Waals surface area contributed by atoms with E-state index in [2.05, 4.69) is 15.0 Å². The van der Waals surface area contributed by atoms with Crippen molar-refractivity contribution < 1.29 is 50.5 Å². The zero-order valence-corrected chi connectivity index (χ0v) is 24.4. The van der Waals surface area contributed by atoms with Crippen LogP contribution in [0.4, 0.5) is 17.6 Å². The molecule has 15 heteroatoms. The van der Waals surface area contributed by atoms with E-state index in [1.54, 1.807) is 13.8 Å². The van der Waals surface area contributed by atoms with Gasteiger partial charge < -0.3 is 34.4 Å². The fraction of sp³-hybridized carbons (Fsp3) is 0.393. The van der Waals surface area contributed by atoms with Crippen molar-refractivity contribution >= 4 is 24.3 Å². The number of halogens is 5. The Morgan fingerprint density at radius 2 is 1.86 bits per heavy atom. The van der Waals surface area contributed by atoms with Crippen LogP contribution < -0.4 is 20.5 Å². The first-order chi connectivity index (χ1) is 20.0. The molecule has 1 aromatic heterocycles. The molecule has 3 aromatic rings. The summed E-state index contributed by atoms with van der Waals surface area (Å²) in [5, 5.41) is 2.49. The van der Waals surface area contributed by atoms with Crippen molar-refractivity contribution in [1.82, 2.24) is 10.3 Å². The maximum absolute atomic E-state index is 14.0. The molecule has 2 aromatic carbocycles. The molecule has 1 heterocycles. The van der Waals surface area contributed by atoms with Gasteiger partial charge in [0.05, 0.1) is 19.3 Å². The smallest absolute Gasteiger partial charge is 0.387 e. The molecule has 43 heavy (non-hydrogen) atoms. The summed E-state index contributed by atoms with van der Waals surface area (Å²) >= 11 is 0. The summed E-state index contributed by atoms with van der Waals surface area (Å²) in [4.78, 5) is 29.0. The largest absolute Gasteiger partial charge is 0.490 e. The molecule has 3 rings (SSSR count). The van der Waals surface area contributed by atoms with Crippen LogP contribution in [0.5, 0.6) is 11.5 Å². The van der Waals surface area contributed by atoms with E-state index in [0.29, 0.717) is 12.5 Å². The number of nitrogens with two attached hydrogens (primary N) is 1. The van der Waals surface area contributed by atoms with E-state index in [1.807, 2.05) is 0 Å². The van der Waals surface area contributed by atoms with Gasteiger partial charge in [-0.05, 0) is 51.0 Å². The average molecular weight is 634 g/mol. The van der Waals surface area contributed by atoms with Crippen LogP contribution in [0.1, 0.15) is 54.5 Å². The van der Waals surface area contributed by atoms with Gasteiger partial charge in [0.25, 0.3) is 5.91 Å². The summed E-state index contributed by atoms with van der Waals surface area (Å²) in [5.74, 6) is -3.24. The number of carbonyl (C=O) groups excluding carboxylic acids is 2. The molecule has 1 amide bonds. The lowest BCUT2D eigenvalue weighted by Gasteiger charge is -2.15. The molecule has 0 aliphatic heterocycles. The van der Waals surface area contributed by atoms with Crippen molar-refractivity contribution in [3.05, 3.63) is 65.1 Å². The second-order valence-corrected chi connectivity index (χ2v) is 8.95. The molecule has 0 fully saturated rings. The average Bonchev–Trinajstić information content (AvgIpc) is 3.39. The van der Waals surface area contributed by atoms with Crippen molar-refractivity contribution in [3.8, 4) is 23.0 Å². The number of ether oxygens (including phenoxy) is 4. The zero-order chi connectivity index (χ0) is 30.8. The summed E-state index contributed by atoms with van der Waals surface area (Å²) in [5.41, 5.74) is 6.09. The number of amides is 1. The lowest BCUT2D eigenvalue weighted by atomic mass is 10.2. The molecule has 236 valence electrons. The van der Waals surface area contributed by atoms with Crippen LogP contribution >= 0.6 is 12.4 Å². The summed E-state index contributed by atoms with van der Waals surface area (Å²) in [7, 11) is 1.36. The lowest BCUT2D eigenvalue weighted by Crippen LogP contribution is -2.26. The lowest BCUT2D eigenvalue weighted by molar-refractivity contribution is -0.155. The number of benzene rings is 2. The number of methoxy groups -OCH3 is 1. The van der Waals surface area contributed by atoms with Crippen LogP contribution in [0.25, 0.3) is 11.5 Å². The molecule has 0 spiro atoms. The fourth-order valence-corrected chi connectivity index (χ4v) is 3.82. The second-order valence-electron chi connectivity index (χ2n) is 8.95.